The third-order valence-electron chi connectivity index (χ3n) is 4.37. The predicted molar refractivity (Wildman–Crippen MR) is 89.7 cm³/mol. The average Bonchev–Trinajstić information content (AvgIpc) is 3.00. The summed E-state index contributed by atoms with van der Waals surface area (Å²) in [6.07, 6.45) is 6.24. The molecule has 0 atom stereocenters. The minimum atomic E-state index is -0.416. The third kappa shape index (κ3) is 3.36. The Morgan fingerprint density at radius 2 is 2.08 bits per heavy atom. The maximum atomic E-state index is 14.0. The standard InChI is InChI=1S/C16H19ClFN5O/c1-21-10-11(8-20-21)16(24)22(2)13-3-5-23(6-4-13)15-14(18)7-12(17)9-19-15/h7-10,13H,3-6H2,1-2H3. The number of carbonyl (C=O) groups is 1. The van der Waals surface area contributed by atoms with Gasteiger partial charge in [-0.1, -0.05) is 11.6 Å². The number of aromatic nitrogens is 3. The first kappa shape index (κ1) is 16.7. The molecule has 1 saturated heterocycles. The molecule has 0 radical (unpaired) electrons. The first-order chi connectivity index (χ1) is 11.5. The number of halogens is 2. The molecule has 0 aromatic carbocycles. The lowest BCUT2D eigenvalue weighted by atomic mass is 10.0. The summed E-state index contributed by atoms with van der Waals surface area (Å²) in [6.45, 7) is 1.28. The minimum Gasteiger partial charge on any atom is -0.354 e. The van der Waals surface area contributed by atoms with Gasteiger partial charge in [-0.05, 0) is 18.9 Å². The van der Waals surface area contributed by atoms with Crippen molar-refractivity contribution in [3.63, 3.8) is 0 Å². The largest absolute Gasteiger partial charge is 0.354 e. The van der Waals surface area contributed by atoms with Crippen molar-refractivity contribution in [2.45, 2.75) is 18.9 Å². The lowest BCUT2D eigenvalue weighted by Crippen LogP contribution is -2.46. The number of hydrogen-bond acceptors (Lipinski definition) is 4. The Balaban J connectivity index is 1.63. The molecule has 6 nitrogen and oxygen atoms in total. The molecule has 0 N–H and O–H groups in total. The molecular formula is C16H19ClFN5O. The van der Waals surface area contributed by atoms with Gasteiger partial charge in [-0.3, -0.25) is 9.48 Å². The van der Waals surface area contributed by atoms with E-state index in [1.54, 1.807) is 36.1 Å². The number of aryl methyl sites for hydroxylation is 1. The van der Waals surface area contributed by atoms with Gasteiger partial charge in [-0.15, -0.1) is 0 Å². The van der Waals surface area contributed by atoms with Crippen molar-refractivity contribution in [1.29, 1.82) is 0 Å². The molecule has 3 rings (SSSR count). The van der Waals surface area contributed by atoms with Crippen LogP contribution in [-0.4, -0.2) is 51.8 Å². The number of carbonyl (C=O) groups excluding carboxylic acids is 1. The fourth-order valence-electron chi connectivity index (χ4n) is 3.01. The van der Waals surface area contributed by atoms with Gasteiger partial charge in [0.2, 0.25) is 0 Å². The second-order valence-corrected chi connectivity index (χ2v) is 6.43. The monoisotopic (exact) mass is 351 g/mol. The van der Waals surface area contributed by atoms with Gasteiger partial charge < -0.3 is 9.80 Å². The van der Waals surface area contributed by atoms with Crippen LogP contribution in [0.4, 0.5) is 10.2 Å². The van der Waals surface area contributed by atoms with E-state index in [-0.39, 0.29) is 17.0 Å². The molecule has 8 heteroatoms. The van der Waals surface area contributed by atoms with Crippen molar-refractivity contribution >= 4 is 23.3 Å². The second kappa shape index (κ2) is 6.76. The highest BCUT2D eigenvalue weighted by Crippen LogP contribution is 2.25. The van der Waals surface area contributed by atoms with Crippen molar-refractivity contribution in [2.75, 3.05) is 25.0 Å². The van der Waals surface area contributed by atoms with Crippen LogP contribution in [0, 0.1) is 5.82 Å². The molecule has 0 bridgehead atoms. The van der Waals surface area contributed by atoms with E-state index in [1.165, 1.54) is 12.3 Å². The van der Waals surface area contributed by atoms with E-state index >= 15 is 0 Å². The number of hydrogen-bond donors (Lipinski definition) is 0. The van der Waals surface area contributed by atoms with Crippen molar-refractivity contribution < 1.29 is 9.18 Å². The maximum Gasteiger partial charge on any atom is 0.257 e. The van der Waals surface area contributed by atoms with Crippen molar-refractivity contribution in [1.82, 2.24) is 19.7 Å². The van der Waals surface area contributed by atoms with Crippen molar-refractivity contribution in [3.05, 3.63) is 41.1 Å². The van der Waals surface area contributed by atoms with Crippen molar-refractivity contribution in [2.24, 2.45) is 7.05 Å². The van der Waals surface area contributed by atoms with E-state index in [2.05, 4.69) is 10.1 Å². The Kier molecular flexibility index (Phi) is 4.71. The molecule has 1 fully saturated rings. The Labute approximate surface area is 144 Å². The zero-order valence-corrected chi connectivity index (χ0v) is 14.4. The SMILES string of the molecule is CN(C(=O)c1cnn(C)c1)C1CCN(c2ncc(Cl)cc2F)CC1. The van der Waals surface area contributed by atoms with Gasteiger partial charge in [0.15, 0.2) is 11.6 Å². The number of anilines is 1. The van der Waals surface area contributed by atoms with Crippen LogP contribution in [0.3, 0.4) is 0 Å². The maximum absolute atomic E-state index is 14.0. The van der Waals surface area contributed by atoms with E-state index in [0.717, 1.165) is 12.8 Å². The molecule has 0 spiro atoms. The number of amides is 1. The number of nitrogens with zero attached hydrogens (tertiary/aromatic N) is 5. The molecular weight excluding hydrogens is 333 g/mol. The fraction of sp³-hybridized carbons (Fsp3) is 0.438. The van der Waals surface area contributed by atoms with Crippen LogP contribution >= 0.6 is 11.6 Å². The molecule has 1 aliphatic heterocycles. The van der Waals surface area contributed by atoms with Gasteiger partial charge in [0.05, 0.1) is 16.8 Å². The highest BCUT2D eigenvalue weighted by Gasteiger charge is 2.28. The zero-order chi connectivity index (χ0) is 17.3. The Hall–Kier alpha value is -2.15. The van der Waals surface area contributed by atoms with Crippen LogP contribution in [-0.2, 0) is 7.05 Å². The van der Waals surface area contributed by atoms with Crippen LogP contribution in [0.15, 0.2) is 24.7 Å². The van der Waals surface area contributed by atoms with Crippen LogP contribution < -0.4 is 4.90 Å². The molecule has 0 unspecified atom stereocenters. The van der Waals surface area contributed by atoms with Crippen molar-refractivity contribution in [3.8, 4) is 0 Å². The molecule has 2 aromatic heterocycles. The molecule has 0 saturated carbocycles. The molecule has 128 valence electrons. The average molecular weight is 352 g/mol. The molecule has 1 amide bonds. The van der Waals surface area contributed by atoms with E-state index in [0.29, 0.717) is 24.5 Å². The summed E-state index contributed by atoms with van der Waals surface area (Å²) in [6, 6.07) is 1.39. The van der Waals surface area contributed by atoms with E-state index in [9.17, 15) is 9.18 Å². The quantitative estimate of drug-likeness (QED) is 0.851. The van der Waals surface area contributed by atoms with Gasteiger partial charge in [0.1, 0.15) is 0 Å². The Morgan fingerprint density at radius 1 is 1.38 bits per heavy atom. The summed E-state index contributed by atoms with van der Waals surface area (Å²) >= 11 is 5.74. The van der Waals surface area contributed by atoms with Gasteiger partial charge in [-0.25, -0.2) is 9.37 Å². The Morgan fingerprint density at radius 3 is 2.67 bits per heavy atom. The number of rotatable bonds is 3. The van der Waals surface area contributed by atoms with Crippen LogP contribution in [0.5, 0.6) is 0 Å². The topological polar surface area (TPSA) is 54.3 Å². The van der Waals surface area contributed by atoms with Crippen LogP contribution in [0.1, 0.15) is 23.2 Å². The summed E-state index contributed by atoms with van der Waals surface area (Å²) in [7, 11) is 3.58. The number of pyridine rings is 1. The highest BCUT2D eigenvalue weighted by atomic mass is 35.5. The molecule has 3 heterocycles. The lowest BCUT2D eigenvalue weighted by Gasteiger charge is -2.37. The summed E-state index contributed by atoms with van der Waals surface area (Å²) in [5.74, 6) is -0.142. The molecule has 0 aliphatic carbocycles. The van der Waals surface area contributed by atoms with Crippen LogP contribution in [0.2, 0.25) is 5.02 Å². The summed E-state index contributed by atoms with van der Waals surface area (Å²) < 4.78 is 15.6. The predicted octanol–water partition coefficient (Wildman–Crippen LogP) is 2.35. The first-order valence-corrected chi connectivity index (χ1v) is 8.15. The fourth-order valence-corrected chi connectivity index (χ4v) is 3.15. The second-order valence-electron chi connectivity index (χ2n) is 6.00. The van der Waals surface area contributed by atoms with Gasteiger partial charge in [0, 0.05) is 45.6 Å². The number of piperidine rings is 1. The molecule has 1 aliphatic rings. The zero-order valence-electron chi connectivity index (χ0n) is 13.6. The van der Waals surface area contributed by atoms with E-state index in [1.807, 2.05) is 4.90 Å². The highest BCUT2D eigenvalue weighted by molar-refractivity contribution is 6.30. The van der Waals surface area contributed by atoms with E-state index < -0.39 is 5.82 Å². The minimum absolute atomic E-state index is 0.0441. The first-order valence-electron chi connectivity index (χ1n) is 7.77. The third-order valence-corrected chi connectivity index (χ3v) is 4.58. The summed E-state index contributed by atoms with van der Waals surface area (Å²) in [5.41, 5.74) is 0.577. The summed E-state index contributed by atoms with van der Waals surface area (Å²) in [5, 5.41) is 4.32. The normalized spacial score (nSPS) is 15.6. The Bertz CT molecular complexity index is 742. The van der Waals surface area contributed by atoms with Crippen LogP contribution in [0.25, 0.3) is 0 Å². The molecule has 2 aromatic rings. The lowest BCUT2D eigenvalue weighted by molar-refractivity contribution is 0.0709. The van der Waals surface area contributed by atoms with Gasteiger partial charge in [-0.2, -0.15) is 5.10 Å². The summed E-state index contributed by atoms with van der Waals surface area (Å²) in [4.78, 5) is 20.2. The van der Waals surface area contributed by atoms with Gasteiger partial charge in [0.25, 0.3) is 5.91 Å². The molecule has 24 heavy (non-hydrogen) atoms. The smallest absolute Gasteiger partial charge is 0.257 e. The van der Waals surface area contributed by atoms with Gasteiger partial charge >= 0.3 is 0 Å². The van der Waals surface area contributed by atoms with E-state index in [4.69, 9.17) is 11.6 Å².